The summed E-state index contributed by atoms with van der Waals surface area (Å²) in [5.74, 6) is 2.01. The van der Waals surface area contributed by atoms with Crippen LogP contribution in [0.1, 0.15) is 31.9 Å². The highest BCUT2D eigenvalue weighted by Crippen LogP contribution is 2.24. The minimum absolute atomic E-state index is 0.0638. The first-order valence-electron chi connectivity index (χ1n) is 12.1. The Kier molecular flexibility index (Phi) is 11.1. The molecule has 0 aromatic heterocycles. The van der Waals surface area contributed by atoms with Gasteiger partial charge in [0.2, 0.25) is 0 Å². The molecule has 8 heteroatoms. The van der Waals surface area contributed by atoms with E-state index in [4.69, 9.17) is 9.47 Å². The Labute approximate surface area is 217 Å². The standard InChI is InChI=1S/C28H41N3O4S/c1-21(2)22(3)25(20-30(5)6)17-28(29-4)36(32,33)31(18-23-9-13-26(34-7)14-10-23)19-24-11-15-27(35-8)16-12-24/h9-17,21-22H,18-20H2,1-8H3/b25-17-,29-28?. The number of nitrogens with zero attached hydrogens (tertiary/aromatic N) is 3. The maximum Gasteiger partial charge on any atom is 0.260 e. The molecule has 7 nitrogen and oxygen atoms in total. The van der Waals surface area contributed by atoms with Crippen molar-refractivity contribution in [3.63, 3.8) is 0 Å². The summed E-state index contributed by atoms with van der Waals surface area (Å²) < 4.78 is 40.0. The molecule has 1 atom stereocenters. The summed E-state index contributed by atoms with van der Waals surface area (Å²) in [6, 6.07) is 14.9. The number of rotatable bonds is 12. The van der Waals surface area contributed by atoms with Crippen LogP contribution in [0.15, 0.2) is 65.2 Å². The lowest BCUT2D eigenvalue weighted by atomic mass is 9.89. The molecule has 0 N–H and O–H groups in total. The van der Waals surface area contributed by atoms with E-state index in [0.717, 1.165) is 28.2 Å². The van der Waals surface area contributed by atoms with Crippen molar-refractivity contribution in [1.82, 2.24) is 9.21 Å². The van der Waals surface area contributed by atoms with E-state index >= 15 is 0 Å². The van der Waals surface area contributed by atoms with Crippen molar-refractivity contribution < 1.29 is 17.9 Å². The topological polar surface area (TPSA) is 71.4 Å². The molecular weight excluding hydrogens is 474 g/mol. The molecule has 0 aliphatic carbocycles. The molecule has 2 rings (SSSR count). The Bertz CT molecular complexity index is 1070. The summed E-state index contributed by atoms with van der Waals surface area (Å²) in [5.41, 5.74) is 2.75. The number of hydrogen-bond acceptors (Lipinski definition) is 6. The average Bonchev–Trinajstić information content (AvgIpc) is 2.86. The molecule has 0 radical (unpaired) electrons. The van der Waals surface area contributed by atoms with Crippen LogP contribution in [0.5, 0.6) is 11.5 Å². The summed E-state index contributed by atoms with van der Waals surface area (Å²) in [4.78, 5) is 6.31. The summed E-state index contributed by atoms with van der Waals surface area (Å²) in [7, 11) is 4.81. The van der Waals surface area contributed by atoms with Crippen molar-refractivity contribution in [3.05, 3.63) is 71.3 Å². The van der Waals surface area contributed by atoms with Gasteiger partial charge in [-0.3, -0.25) is 4.99 Å². The van der Waals surface area contributed by atoms with Crippen LogP contribution in [0.4, 0.5) is 0 Å². The summed E-state index contributed by atoms with van der Waals surface area (Å²) >= 11 is 0. The van der Waals surface area contributed by atoms with E-state index in [1.807, 2.05) is 62.6 Å². The highest BCUT2D eigenvalue weighted by atomic mass is 32.2. The van der Waals surface area contributed by atoms with E-state index in [9.17, 15) is 8.42 Å². The van der Waals surface area contributed by atoms with Crippen molar-refractivity contribution in [2.45, 2.75) is 33.9 Å². The van der Waals surface area contributed by atoms with E-state index in [1.54, 1.807) is 20.3 Å². The van der Waals surface area contributed by atoms with Crippen LogP contribution in [-0.2, 0) is 23.1 Å². The second-order valence-corrected chi connectivity index (χ2v) is 11.4. The Balaban J connectivity index is 2.51. The molecule has 0 bridgehead atoms. The fourth-order valence-electron chi connectivity index (χ4n) is 3.75. The number of aliphatic imine (C=N–C) groups is 1. The number of methoxy groups -OCH3 is 2. The van der Waals surface area contributed by atoms with Crippen LogP contribution >= 0.6 is 0 Å². The molecule has 0 aliphatic rings. The number of hydrogen-bond donors (Lipinski definition) is 0. The van der Waals surface area contributed by atoms with Crippen molar-refractivity contribution in [2.24, 2.45) is 16.8 Å². The Morgan fingerprint density at radius 3 is 1.67 bits per heavy atom. The molecule has 0 amide bonds. The average molecular weight is 516 g/mol. The fourth-order valence-corrected chi connectivity index (χ4v) is 5.19. The smallest absolute Gasteiger partial charge is 0.260 e. The maximum absolute atomic E-state index is 14.0. The molecule has 0 saturated carbocycles. The van der Waals surface area contributed by atoms with Gasteiger partial charge in [0.15, 0.2) is 5.04 Å². The normalized spacial score (nSPS) is 14.0. The van der Waals surface area contributed by atoms with Gasteiger partial charge in [0.25, 0.3) is 10.0 Å². The van der Waals surface area contributed by atoms with Crippen LogP contribution < -0.4 is 9.47 Å². The first kappa shape index (κ1) is 29.5. The molecule has 2 aromatic rings. The van der Waals surface area contributed by atoms with Crippen LogP contribution in [0.2, 0.25) is 0 Å². The number of benzene rings is 2. The van der Waals surface area contributed by atoms with Crippen LogP contribution in [-0.4, -0.2) is 64.6 Å². The third-order valence-corrected chi connectivity index (χ3v) is 8.02. The number of ether oxygens (including phenoxy) is 2. The lowest BCUT2D eigenvalue weighted by Gasteiger charge is -2.25. The third kappa shape index (κ3) is 8.18. The van der Waals surface area contributed by atoms with Crippen molar-refractivity contribution in [3.8, 4) is 11.5 Å². The van der Waals surface area contributed by atoms with Gasteiger partial charge >= 0.3 is 0 Å². The Morgan fingerprint density at radius 2 is 1.33 bits per heavy atom. The van der Waals surface area contributed by atoms with E-state index in [1.165, 1.54) is 11.4 Å². The van der Waals surface area contributed by atoms with Crippen molar-refractivity contribution in [2.75, 3.05) is 41.9 Å². The van der Waals surface area contributed by atoms with Crippen LogP contribution in [0.3, 0.4) is 0 Å². The second kappa shape index (κ2) is 13.6. The molecular formula is C28H41N3O4S. The molecule has 0 fully saturated rings. The zero-order valence-electron chi connectivity index (χ0n) is 22.9. The van der Waals surface area contributed by atoms with Crippen molar-refractivity contribution in [1.29, 1.82) is 0 Å². The molecule has 0 aliphatic heterocycles. The number of sulfonamides is 1. The van der Waals surface area contributed by atoms with Gasteiger partial charge in [-0.05, 0) is 67.4 Å². The largest absolute Gasteiger partial charge is 0.497 e. The van der Waals surface area contributed by atoms with E-state index in [0.29, 0.717) is 12.5 Å². The SMILES string of the molecule is CN=C(/C=C(/CN(C)C)C(C)C(C)C)S(=O)(=O)N(Cc1ccc(OC)cc1)Cc1ccc(OC)cc1. The lowest BCUT2D eigenvalue weighted by Crippen LogP contribution is -2.35. The molecule has 198 valence electrons. The zero-order chi connectivity index (χ0) is 26.9. The van der Waals surface area contributed by atoms with Gasteiger partial charge in [-0.2, -0.15) is 4.31 Å². The van der Waals surface area contributed by atoms with Gasteiger partial charge in [-0.15, -0.1) is 0 Å². The predicted molar refractivity (Wildman–Crippen MR) is 148 cm³/mol. The number of likely N-dealkylation sites (N-methyl/N-ethyl adjacent to an activating group) is 1. The molecule has 0 saturated heterocycles. The minimum atomic E-state index is -3.91. The molecule has 0 heterocycles. The first-order valence-corrected chi connectivity index (χ1v) is 13.5. The summed E-state index contributed by atoms with van der Waals surface area (Å²) in [6.45, 7) is 7.48. The van der Waals surface area contributed by atoms with Crippen molar-refractivity contribution >= 4 is 15.1 Å². The summed E-state index contributed by atoms with van der Waals surface area (Å²) in [5, 5.41) is 0.0638. The Morgan fingerprint density at radius 1 is 0.889 bits per heavy atom. The maximum atomic E-state index is 14.0. The first-order chi connectivity index (χ1) is 17.0. The Hall–Kier alpha value is -2.68. The third-order valence-electron chi connectivity index (χ3n) is 6.25. The quantitative estimate of drug-likeness (QED) is 0.299. The van der Waals surface area contributed by atoms with Gasteiger partial charge < -0.3 is 14.4 Å². The van der Waals surface area contributed by atoms with Gasteiger partial charge in [0.1, 0.15) is 11.5 Å². The van der Waals surface area contributed by atoms with Crippen LogP contribution in [0, 0.1) is 11.8 Å². The highest BCUT2D eigenvalue weighted by Gasteiger charge is 2.29. The fraction of sp³-hybridized carbons (Fsp3) is 0.464. The molecule has 0 spiro atoms. The van der Waals surface area contributed by atoms with Gasteiger partial charge in [0.05, 0.1) is 14.2 Å². The second-order valence-electron chi connectivity index (χ2n) is 9.52. The molecule has 1 unspecified atom stereocenters. The highest BCUT2D eigenvalue weighted by molar-refractivity contribution is 8.04. The predicted octanol–water partition coefficient (Wildman–Crippen LogP) is 4.84. The molecule has 2 aromatic carbocycles. The molecule has 36 heavy (non-hydrogen) atoms. The summed E-state index contributed by atoms with van der Waals surface area (Å²) in [6.07, 6.45) is 1.76. The van der Waals surface area contributed by atoms with Crippen LogP contribution in [0.25, 0.3) is 0 Å². The zero-order valence-corrected chi connectivity index (χ0v) is 23.7. The van der Waals surface area contributed by atoms with E-state index in [-0.39, 0.29) is 24.1 Å². The van der Waals surface area contributed by atoms with Gasteiger partial charge in [-0.25, -0.2) is 8.42 Å². The van der Waals surface area contributed by atoms with E-state index in [2.05, 4.69) is 30.7 Å². The lowest BCUT2D eigenvalue weighted by molar-refractivity contribution is 0.391. The minimum Gasteiger partial charge on any atom is -0.497 e. The van der Waals surface area contributed by atoms with E-state index < -0.39 is 10.0 Å². The van der Waals surface area contributed by atoms with Gasteiger partial charge in [-0.1, -0.05) is 50.6 Å². The van der Waals surface area contributed by atoms with Gasteiger partial charge in [0, 0.05) is 26.7 Å². The monoisotopic (exact) mass is 515 g/mol.